The largest absolute Gasteiger partial charge is 0.493 e. The van der Waals surface area contributed by atoms with E-state index in [2.05, 4.69) is 0 Å². The first-order valence-electron chi connectivity index (χ1n) is 5.19. The van der Waals surface area contributed by atoms with E-state index in [-0.39, 0.29) is 5.92 Å². The highest BCUT2D eigenvalue weighted by molar-refractivity contribution is 5.65. The zero-order valence-electron chi connectivity index (χ0n) is 9.36. The lowest BCUT2D eigenvalue weighted by atomic mass is 10.0. The Morgan fingerprint density at radius 1 is 1.38 bits per heavy atom. The van der Waals surface area contributed by atoms with Crippen LogP contribution in [-0.2, 0) is 4.79 Å². The summed E-state index contributed by atoms with van der Waals surface area (Å²) in [4.78, 5) is 10.8. The number of aldehydes is 1. The van der Waals surface area contributed by atoms with E-state index in [1.807, 2.05) is 19.1 Å². The summed E-state index contributed by atoms with van der Waals surface area (Å²) in [6.07, 6.45) is 0.894. The van der Waals surface area contributed by atoms with Crippen LogP contribution in [-0.4, -0.2) is 26.6 Å². The average molecular weight is 222 g/mol. The molecule has 1 unspecified atom stereocenters. The number of carbonyl (C=O) groups is 1. The Morgan fingerprint density at radius 2 is 2.12 bits per heavy atom. The molecule has 16 heavy (non-hydrogen) atoms. The van der Waals surface area contributed by atoms with Crippen LogP contribution in [0.4, 0.5) is 0 Å². The molecule has 2 rings (SSSR count). The van der Waals surface area contributed by atoms with Gasteiger partial charge in [-0.3, -0.25) is 0 Å². The topological polar surface area (TPSA) is 44.8 Å². The number of hydrogen-bond acceptors (Lipinski definition) is 4. The van der Waals surface area contributed by atoms with E-state index in [1.165, 1.54) is 0 Å². The van der Waals surface area contributed by atoms with Gasteiger partial charge in [0.1, 0.15) is 19.5 Å². The van der Waals surface area contributed by atoms with Crippen LogP contribution in [0.5, 0.6) is 17.2 Å². The van der Waals surface area contributed by atoms with Crippen molar-refractivity contribution in [1.82, 2.24) is 0 Å². The van der Waals surface area contributed by atoms with E-state index in [0.717, 1.165) is 11.8 Å². The molecular formula is C12H14O4. The van der Waals surface area contributed by atoms with Crippen LogP contribution in [0.1, 0.15) is 18.4 Å². The van der Waals surface area contributed by atoms with Gasteiger partial charge < -0.3 is 19.0 Å². The molecule has 0 saturated heterocycles. The lowest BCUT2D eigenvalue weighted by Gasteiger charge is -2.22. The predicted molar refractivity (Wildman–Crippen MR) is 58.5 cm³/mol. The zero-order chi connectivity index (χ0) is 11.5. The molecule has 0 bridgehead atoms. The Kier molecular flexibility index (Phi) is 2.99. The molecule has 4 heteroatoms. The van der Waals surface area contributed by atoms with Gasteiger partial charge in [-0.25, -0.2) is 0 Å². The molecule has 0 radical (unpaired) electrons. The summed E-state index contributed by atoms with van der Waals surface area (Å²) in [7, 11) is 1.57. The van der Waals surface area contributed by atoms with Crippen molar-refractivity contribution in [2.45, 2.75) is 12.8 Å². The first-order valence-corrected chi connectivity index (χ1v) is 5.19. The Labute approximate surface area is 94.1 Å². The smallest absolute Gasteiger partial charge is 0.203 e. The summed E-state index contributed by atoms with van der Waals surface area (Å²) < 4.78 is 16.2. The van der Waals surface area contributed by atoms with Gasteiger partial charge in [0.25, 0.3) is 0 Å². The second-order valence-corrected chi connectivity index (χ2v) is 3.67. The molecule has 1 aliphatic rings. The third-order valence-corrected chi connectivity index (χ3v) is 2.58. The van der Waals surface area contributed by atoms with Crippen LogP contribution in [0.15, 0.2) is 12.1 Å². The minimum atomic E-state index is -0.176. The summed E-state index contributed by atoms with van der Waals surface area (Å²) in [5.41, 5.74) is 0.871. The summed E-state index contributed by atoms with van der Waals surface area (Å²) in [5, 5.41) is 0. The molecule has 0 N–H and O–H groups in total. The number of methoxy groups -OCH3 is 1. The third kappa shape index (κ3) is 1.83. The number of carbonyl (C=O) groups excluding carboxylic acids is 1. The fraction of sp³-hybridized carbons (Fsp3) is 0.417. The van der Waals surface area contributed by atoms with Gasteiger partial charge in [0.2, 0.25) is 5.75 Å². The summed E-state index contributed by atoms with van der Waals surface area (Å²) >= 11 is 0. The second-order valence-electron chi connectivity index (χ2n) is 3.67. The van der Waals surface area contributed by atoms with Gasteiger partial charge in [0, 0.05) is 5.92 Å². The highest BCUT2D eigenvalue weighted by Gasteiger charge is 2.19. The van der Waals surface area contributed by atoms with Gasteiger partial charge in [-0.1, -0.05) is 6.92 Å². The molecule has 1 aromatic carbocycles. The Bertz CT molecular complexity index is 383. The summed E-state index contributed by atoms with van der Waals surface area (Å²) in [6.45, 7) is 2.87. The van der Waals surface area contributed by atoms with Crippen molar-refractivity contribution in [2.24, 2.45) is 0 Å². The third-order valence-electron chi connectivity index (χ3n) is 2.58. The first kappa shape index (κ1) is 10.8. The number of rotatable bonds is 3. The SMILES string of the molecule is COc1cc(C(C)C=O)cc2c1OCCO2. The van der Waals surface area contributed by atoms with Crippen molar-refractivity contribution in [2.75, 3.05) is 20.3 Å². The van der Waals surface area contributed by atoms with Crippen molar-refractivity contribution in [1.29, 1.82) is 0 Å². The molecule has 0 aliphatic carbocycles. The van der Waals surface area contributed by atoms with Crippen molar-refractivity contribution in [3.8, 4) is 17.2 Å². The first-order chi connectivity index (χ1) is 7.76. The van der Waals surface area contributed by atoms with Crippen molar-refractivity contribution < 1.29 is 19.0 Å². The molecule has 0 amide bonds. The van der Waals surface area contributed by atoms with E-state index in [1.54, 1.807) is 7.11 Å². The number of hydrogen-bond donors (Lipinski definition) is 0. The van der Waals surface area contributed by atoms with Crippen LogP contribution in [0.2, 0.25) is 0 Å². The fourth-order valence-electron chi connectivity index (χ4n) is 1.63. The minimum Gasteiger partial charge on any atom is -0.493 e. The van der Waals surface area contributed by atoms with Crippen LogP contribution in [0.3, 0.4) is 0 Å². The van der Waals surface area contributed by atoms with Crippen molar-refractivity contribution >= 4 is 6.29 Å². The average Bonchev–Trinajstić information content (AvgIpc) is 2.36. The van der Waals surface area contributed by atoms with E-state index >= 15 is 0 Å². The van der Waals surface area contributed by atoms with Crippen LogP contribution < -0.4 is 14.2 Å². The molecule has 1 heterocycles. The Balaban J connectivity index is 2.47. The normalized spacial score (nSPS) is 15.4. The van der Waals surface area contributed by atoms with Crippen LogP contribution >= 0.6 is 0 Å². The molecule has 1 atom stereocenters. The number of benzene rings is 1. The highest BCUT2D eigenvalue weighted by atomic mass is 16.6. The van der Waals surface area contributed by atoms with Gasteiger partial charge in [-0.2, -0.15) is 0 Å². The van der Waals surface area contributed by atoms with Crippen LogP contribution in [0.25, 0.3) is 0 Å². The van der Waals surface area contributed by atoms with Crippen LogP contribution in [0, 0.1) is 0 Å². The zero-order valence-corrected chi connectivity index (χ0v) is 9.36. The minimum absolute atomic E-state index is 0.176. The maximum Gasteiger partial charge on any atom is 0.203 e. The summed E-state index contributed by atoms with van der Waals surface area (Å²) in [5.74, 6) is 1.70. The molecule has 1 aromatic rings. The fourth-order valence-corrected chi connectivity index (χ4v) is 1.63. The molecule has 1 aliphatic heterocycles. The summed E-state index contributed by atoms with van der Waals surface area (Å²) in [6, 6.07) is 3.64. The molecule has 0 fully saturated rings. The molecule has 0 saturated carbocycles. The second kappa shape index (κ2) is 4.43. The van der Waals surface area contributed by atoms with Crippen molar-refractivity contribution in [3.05, 3.63) is 17.7 Å². The molecule has 0 spiro atoms. The maximum atomic E-state index is 10.8. The maximum absolute atomic E-state index is 10.8. The van der Waals surface area contributed by atoms with Gasteiger partial charge >= 0.3 is 0 Å². The monoisotopic (exact) mass is 222 g/mol. The lowest BCUT2D eigenvalue weighted by molar-refractivity contribution is -0.108. The quantitative estimate of drug-likeness (QED) is 0.731. The van der Waals surface area contributed by atoms with Gasteiger partial charge in [-0.05, 0) is 17.7 Å². The lowest BCUT2D eigenvalue weighted by Crippen LogP contribution is -2.16. The Hall–Kier alpha value is -1.71. The van der Waals surface area contributed by atoms with Crippen molar-refractivity contribution in [3.63, 3.8) is 0 Å². The van der Waals surface area contributed by atoms with E-state index < -0.39 is 0 Å². The van der Waals surface area contributed by atoms with Gasteiger partial charge in [0.15, 0.2) is 11.5 Å². The molecular weight excluding hydrogens is 208 g/mol. The molecule has 0 aromatic heterocycles. The molecule has 4 nitrogen and oxygen atoms in total. The Morgan fingerprint density at radius 3 is 2.81 bits per heavy atom. The number of ether oxygens (including phenoxy) is 3. The van der Waals surface area contributed by atoms with E-state index in [4.69, 9.17) is 14.2 Å². The standard InChI is InChI=1S/C12H14O4/c1-8(7-13)9-5-10(14-2)12-11(6-9)15-3-4-16-12/h5-8H,3-4H2,1-2H3. The van der Waals surface area contributed by atoms with Gasteiger partial charge in [0.05, 0.1) is 7.11 Å². The van der Waals surface area contributed by atoms with Gasteiger partial charge in [-0.15, -0.1) is 0 Å². The highest BCUT2D eigenvalue weighted by Crippen LogP contribution is 2.41. The van der Waals surface area contributed by atoms with E-state index in [9.17, 15) is 4.79 Å². The number of fused-ring (bicyclic) bond motifs is 1. The molecule has 86 valence electrons. The van der Waals surface area contributed by atoms with E-state index in [0.29, 0.717) is 30.5 Å². The predicted octanol–water partition coefficient (Wildman–Crippen LogP) is 1.77.